The lowest BCUT2D eigenvalue weighted by atomic mass is 9.92. The summed E-state index contributed by atoms with van der Waals surface area (Å²) in [6, 6.07) is 1.46. The monoisotopic (exact) mass is 237 g/mol. The quantitative estimate of drug-likeness (QED) is 0.747. The Morgan fingerprint density at radius 1 is 1.53 bits per heavy atom. The molecule has 0 radical (unpaired) electrons. The van der Waals surface area contributed by atoms with Gasteiger partial charge < -0.3 is 16.2 Å². The summed E-state index contributed by atoms with van der Waals surface area (Å²) in [5, 5.41) is 12.0. The summed E-state index contributed by atoms with van der Waals surface area (Å²) >= 11 is 0. The van der Waals surface area contributed by atoms with Crippen molar-refractivity contribution in [2.45, 2.75) is 27.2 Å². The number of hydrogen-bond donors (Lipinski definition) is 3. The van der Waals surface area contributed by atoms with E-state index in [0.29, 0.717) is 5.82 Å². The predicted octanol–water partition coefficient (Wildman–Crippen LogP) is 2.21. The van der Waals surface area contributed by atoms with Crippen LogP contribution >= 0.6 is 0 Å². The second kappa shape index (κ2) is 5.03. The van der Waals surface area contributed by atoms with Gasteiger partial charge in [0.15, 0.2) is 0 Å². The molecule has 0 spiro atoms. The van der Waals surface area contributed by atoms with Crippen LogP contribution in [0.3, 0.4) is 0 Å². The smallest absolute Gasteiger partial charge is 0.337 e. The van der Waals surface area contributed by atoms with E-state index in [1.165, 1.54) is 12.3 Å². The van der Waals surface area contributed by atoms with Crippen LogP contribution in [-0.4, -0.2) is 22.6 Å². The van der Waals surface area contributed by atoms with Crippen molar-refractivity contribution in [3.8, 4) is 0 Å². The highest BCUT2D eigenvalue weighted by Crippen LogP contribution is 2.19. The van der Waals surface area contributed by atoms with Gasteiger partial charge in [0.25, 0.3) is 0 Å². The maximum absolute atomic E-state index is 10.9. The third-order valence-corrected chi connectivity index (χ3v) is 2.35. The minimum Gasteiger partial charge on any atom is -0.478 e. The number of carbonyl (C=O) groups is 1. The SMILES string of the molecule is CC(C)(C)CCNc1cc(C(=O)O)c(N)cn1. The molecule has 0 aromatic carbocycles. The van der Waals surface area contributed by atoms with Crippen molar-refractivity contribution in [1.82, 2.24) is 4.98 Å². The van der Waals surface area contributed by atoms with Gasteiger partial charge in [-0.15, -0.1) is 0 Å². The van der Waals surface area contributed by atoms with Crippen molar-refractivity contribution in [3.05, 3.63) is 17.8 Å². The number of aromatic carboxylic acids is 1. The molecule has 0 saturated heterocycles. The van der Waals surface area contributed by atoms with Crippen molar-refractivity contribution < 1.29 is 9.90 Å². The standard InChI is InChI=1S/C12H19N3O2/c1-12(2,3)4-5-14-10-6-8(11(16)17)9(13)7-15-10/h6-7H,4-5,13H2,1-3H3,(H,14,15)(H,16,17). The van der Waals surface area contributed by atoms with Crippen molar-refractivity contribution in [2.75, 3.05) is 17.6 Å². The van der Waals surface area contributed by atoms with E-state index in [0.717, 1.165) is 13.0 Å². The molecule has 17 heavy (non-hydrogen) atoms. The Kier molecular flexibility index (Phi) is 3.93. The first-order chi connectivity index (χ1) is 7.79. The van der Waals surface area contributed by atoms with E-state index in [4.69, 9.17) is 10.8 Å². The van der Waals surface area contributed by atoms with Crippen LogP contribution in [0.1, 0.15) is 37.6 Å². The molecule has 0 unspecified atom stereocenters. The zero-order valence-corrected chi connectivity index (χ0v) is 10.4. The molecule has 1 aromatic heterocycles. The van der Waals surface area contributed by atoms with Gasteiger partial charge in [0.1, 0.15) is 5.82 Å². The highest BCUT2D eigenvalue weighted by Gasteiger charge is 2.11. The molecular formula is C12H19N3O2. The molecule has 1 heterocycles. The molecule has 0 amide bonds. The number of aromatic nitrogens is 1. The maximum Gasteiger partial charge on any atom is 0.337 e. The van der Waals surface area contributed by atoms with Gasteiger partial charge in [0, 0.05) is 6.54 Å². The summed E-state index contributed by atoms with van der Waals surface area (Å²) in [7, 11) is 0. The van der Waals surface area contributed by atoms with E-state index in [1.54, 1.807) is 0 Å². The first-order valence-corrected chi connectivity index (χ1v) is 5.52. The van der Waals surface area contributed by atoms with Crippen LogP contribution < -0.4 is 11.1 Å². The van der Waals surface area contributed by atoms with Gasteiger partial charge in [-0.2, -0.15) is 0 Å². The topological polar surface area (TPSA) is 88.2 Å². The molecule has 0 fully saturated rings. The average molecular weight is 237 g/mol. The number of nitrogen functional groups attached to an aromatic ring is 1. The minimum absolute atomic E-state index is 0.0817. The lowest BCUT2D eigenvalue weighted by Gasteiger charge is -2.18. The number of rotatable bonds is 4. The number of hydrogen-bond acceptors (Lipinski definition) is 4. The lowest BCUT2D eigenvalue weighted by molar-refractivity contribution is 0.0698. The minimum atomic E-state index is -1.04. The third kappa shape index (κ3) is 4.30. The van der Waals surface area contributed by atoms with Crippen molar-refractivity contribution >= 4 is 17.5 Å². The highest BCUT2D eigenvalue weighted by molar-refractivity contribution is 5.94. The third-order valence-electron chi connectivity index (χ3n) is 2.35. The van der Waals surface area contributed by atoms with Crippen LogP contribution in [0, 0.1) is 5.41 Å². The summed E-state index contributed by atoms with van der Waals surface area (Å²) in [6.45, 7) is 7.19. The van der Waals surface area contributed by atoms with Gasteiger partial charge >= 0.3 is 5.97 Å². The molecule has 5 heteroatoms. The fourth-order valence-corrected chi connectivity index (χ4v) is 1.31. The van der Waals surface area contributed by atoms with E-state index in [-0.39, 0.29) is 16.7 Å². The number of carboxylic acids is 1. The number of nitrogens with two attached hydrogens (primary N) is 1. The largest absolute Gasteiger partial charge is 0.478 e. The van der Waals surface area contributed by atoms with Gasteiger partial charge in [-0.25, -0.2) is 9.78 Å². The van der Waals surface area contributed by atoms with Crippen molar-refractivity contribution in [1.29, 1.82) is 0 Å². The summed E-state index contributed by atoms with van der Waals surface area (Å²) in [5.74, 6) is -0.496. The van der Waals surface area contributed by atoms with Gasteiger partial charge in [0.05, 0.1) is 17.4 Å². The number of nitrogens with one attached hydrogen (secondary N) is 1. The second-order valence-electron chi connectivity index (χ2n) is 5.20. The highest BCUT2D eigenvalue weighted by atomic mass is 16.4. The zero-order valence-electron chi connectivity index (χ0n) is 10.4. The van der Waals surface area contributed by atoms with Gasteiger partial charge in [-0.1, -0.05) is 20.8 Å². The Labute approximate surface area is 101 Å². The first kappa shape index (κ1) is 13.3. The van der Waals surface area contributed by atoms with Crippen LogP contribution in [-0.2, 0) is 0 Å². The van der Waals surface area contributed by atoms with Crippen LogP contribution in [0.4, 0.5) is 11.5 Å². The van der Waals surface area contributed by atoms with E-state index in [1.807, 2.05) is 0 Å². The summed E-state index contributed by atoms with van der Waals surface area (Å²) in [5.41, 5.74) is 6.01. The molecule has 94 valence electrons. The molecule has 1 rings (SSSR count). The number of pyridine rings is 1. The predicted molar refractivity (Wildman–Crippen MR) is 68.2 cm³/mol. The summed E-state index contributed by atoms with van der Waals surface area (Å²) in [4.78, 5) is 14.9. The van der Waals surface area contributed by atoms with Crippen molar-refractivity contribution in [3.63, 3.8) is 0 Å². The Balaban J connectivity index is 2.67. The van der Waals surface area contributed by atoms with E-state index < -0.39 is 5.97 Å². The number of nitrogens with zero attached hydrogens (tertiary/aromatic N) is 1. The van der Waals surface area contributed by atoms with Gasteiger partial charge in [0.2, 0.25) is 0 Å². The van der Waals surface area contributed by atoms with Crippen molar-refractivity contribution in [2.24, 2.45) is 5.41 Å². The van der Waals surface area contributed by atoms with E-state index in [9.17, 15) is 4.79 Å². The van der Waals surface area contributed by atoms with Crippen LogP contribution in [0.25, 0.3) is 0 Å². The molecular weight excluding hydrogens is 218 g/mol. The molecule has 1 aromatic rings. The molecule has 0 saturated carbocycles. The van der Waals surface area contributed by atoms with E-state index >= 15 is 0 Å². The number of carboxylic acid groups (broad SMARTS) is 1. The molecule has 5 nitrogen and oxygen atoms in total. The Bertz CT molecular complexity index is 411. The molecule has 0 atom stereocenters. The molecule has 4 N–H and O–H groups in total. The molecule has 0 aliphatic heterocycles. The second-order valence-corrected chi connectivity index (χ2v) is 5.20. The Morgan fingerprint density at radius 2 is 2.18 bits per heavy atom. The molecule has 0 bridgehead atoms. The van der Waals surface area contributed by atoms with Gasteiger partial charge in [-0.3, -0.25) is 0 Å². The lowest BCUT2D eigenvalue weighted by Crippen LogP contribution is -2.14. The Hall–Kier alpha value is -1.78. The first-order valence-electron chi connectivity index (χ1n) is 5.52. The van der Waals surface area contributed by atoms with E-state index in [2.05, 4.69) is 31.1 Å². The van der Waals surface area contributed by atoms with Crippen LogP contribution in [0.5, 0.6) is 0 Å². The Morgan fingerprint density at radius 3 is 2.71 bits per heavy atom. The summed E-state index contributed by atoms with van der Waals surface area (Å²) in [6.07, 6.45) is 2.34. The van der Waals surface area contributed by atoms with Crippen LogP contribution in [0.2, 0.25) is 0 Å². The fourth-order valence-electron chi connectivity index (χ4n) is 1.31. The molecule has 0 aliphatic carbocycles. The van der Waals surface area contributed by atoms with Gasteiger partial charge in [-0.05, 0) is 17.9 Å². The average Bonchev–Trinajstić information content (AvgIpc) is 2.18. The normalized spacial score (nSPS) is 11.2. The molecule has 0 aliphatic rings. The summed E-state index contributed by atoms with van der Waals surface area (Å²) < 4.78 is 0. The number of anilines is 2. The maximum atomic E-state index is 10.9. The fraction of sp³-hybridized carbons (Fsp3) is 0.500. The zero-order chi connectivity index (χ0) is 13.1. The van der Waals surface area contributed by atoms with Crippen LogP contribution in [0.15, 0.2) is 12.3 Å².